The van der Waals surface area contributed by atoms with Crippen molar-refractivity contribution in [3.05, 3.63) is 29.8 Å². The molecule has 0 aromatic heterocycles. The number of nitrogens with zero attached hydrogens (tertiary/aromatic N) is 1. The van der Waals surface area contributed by atoms with Gasteiger partial charge in [-0.15, -0.1) is 0 Å². The third kappa shape index (κ3) is 3.22. The van der Waals surface area contributed by atoms with E-state index in [0.29, 0.717) is 0 Å². The lowest BCUT2D eigenvalue weighted by atomic mass is 9.59. The van der Waals surface area contributed by atoms with Crippen LogP contribution >= 0.6 is 0 Å². The van der Waals surface area contributed by atoms with E-state index in [1.807, 2.05) is 0 Å². The molecule has 3 nitrogen and oxygen atoms in total. The Balaban J connectivity index is 1.30. The van der Waals surface area contributed by atoms with Crippen LogP contribution in [-0.4, -0.2) is 49.3 Å². The van der Waals surface area contributed by atoms with Gasteiger partial charge in [-0.3, -0.25) is 0 Å². The smallest absolute Gasteiger partial charge is 0.145 e. The maximum atomic E-state index is 3.14. The van der Waals surface area contributed by atoms with Crippen molar-refractivity contribution in [2.24, 2.45) is 23.7 Å². The lowest BCUT2D eigenvalue weighted by Gasteiger charge is -2.60. The quantitative estimate of drug-likeness (QED) is 0.634. The number of benzene rings is 1. The average molecular weight is 476 g/mol. The Hall–Kier alpha value is -1.06. The molecule has 2 aliphatic carbocycles. The van der Waals surface area contributed by atoms with Crippen LogP contribution in [-0.2, 0) is 0 Å². The predicted molar refractivity (Wildman–Crippen MR) is 142 cm³/mol. The number of hydrogen-bond donors (Lipinski definition) is 2. The Kier molecular flexibility index (Phi) is 5.33. The van der Waals surface area contributed by atoms with E-state index in [-0.39, 0.29) is 0 Å². The highest BCUT2D eigenvalue weighted by Gasteiger charge is 2.66. The summed E-state index contributed by atoms with van der Waals surface area (Å²) in [7, 11) is 0. The van der Waals surface area contributed by atoms with E-state index in [1.165, 1.54) is 95.7 Å². The van der Waals surface area contributed by atoms with Gasteiger partial charge < -0.3 is 14.7 Å². The van der Waals surface area contributed by atoms with Crippen molar-refractivity contribution in [1.29, 1.82) is 0 Å². The van der Waals surface area contributed by atoms with Gasteiger partial charge in [0.05, 0.1) is 25.2 Å². The summed E-state index contributed by atoms with van der Waals surface area (Å²) in [6, 6.07) is 15.3. The van der Waals surface area contributed by atoms with Crippen LogP contribution in [0.15, 0.2) is 24.3 Å². The molecule has 7 aliphatic rings. The minimum absolute atomic E-state index is 0.800. The number of hydrogen-bond acceptors (Lipinski definition) is 1. The van der Waals surface area contributed by atoms with Crippen molar-refractivity contribution in [3.8, 4) is 0 Å². The van der Waals surface area contributed by atoms with Crippen LogP contribution in [0.4, 0.5) is 5.69 Å². The Bertz CT molecular complexity index is 927. The molecule has 1 aromatic carbocycles. The van der Waals surface area contributed by atoms with Crippen LogP contribution in [0, 0.1) is 30.6 Å². The summed E-state index contributed by atoms with van der Waals surface area (Å²) in [6.07, 6.45) is 19.6. The Morgan fingerprint density at radius 1 is 0.629 bits per heavy atom. The molecule has 7 fully saturated rings. The standard InChI is InChI=1S/C32H47N3/c1-21-14-16-22(17-15-21)35-28-12-6-8-23-25(28)20-30(33-18-4-2-10-26(23)33)32-31-24(9-7-13-29(31)35)27-11-3-5-19-34(27)32/h14-17,23-32H,2-13,18-20H2,1H3/p+2. The largest absolute Gasteiger partial charge is 0.365 e. The van der Waals surface area contributed by atoms with Gasteiger partial charge in [-0.1, -0.05) is 30.5 Å². The molecule has 12 unspecified atom stereocenters. The predicted octanol–water partition coefficient (Wildman–Crippen LogP) is 3.41. The molecule has 2 saturated carbocycles. The summed E-state index contributed by atoms with van der Waals surface area (Å²) >= 11 is 0. The molecule has 1 aromatic rings. The van der Waals surface area contributed by atoms with Crippen molar-refractivity contribution in [3.63, 3.8) is 0 Å². The van der Waals surface area contributed by atoms with Crippen LogP contribution in [0.3, 0.4) is 0 Å². The van der Waals surface area contributed by atoms with Crippen LogP contribution < -0.4 is 14.7 Å². The molecule has 5 heterocycles. The third-order valence-electron chi connectivity index (χ3n) is 12.8. The minimum Gasteiger partial charge on any atom is -0.365 e. The number of nitrogens with one attached hydrogen (secondary N) is 2. The van der Waals surface area contributed by atoms with Gasteiger partial charge in [0.2, 0.25) is 0 Å². The molecule has 5 saturated heterocycles. The molecule has 190 valence electrons. The molecule has 8 rings (SSSR count). The molecule has 2 N–H and O–H groups in total. The van der Waals surface area contributed by atoms with Gasteiger partial charge in [-0.25, -0.2) is 0 Å². The van der Waals surface area contributed by atoms with E-state index in [4.69, 9.17) is 0 Å². The molecular weight excluding hydrogens is 426 g/mol. The monoisotopic (exact) mass is 475 g/mol. The highest BCUT2D eigenvalue weighted by atomic mass is 15.3. The van der Waals surface area contributed by atoms with E-state index >= 15 is 0 Å². The number of aryl methyl sites for hydroxylation is 1. The third-order valence-corrected chi connectivity index (χ3v) is 12.8. The second-order valence-electron chi connectivity index (χ2n) is 14.0. The molecule has 3 heteroatoms. The zero-order valence-corrected chi connectivity index (χ0v) is 22.1. The van der Waals surface area contributed by atoms with Crippen molar-refractivity contribution in [1.82, 2.24) is 0 Å². The highest BCUT2D eigenvalue weighted by Crippen LogP contribution is 2.51. The number of piperidine rings is 3. The van der Waals surface area contributed by atoms with Gasteiger partial charge in [-0.05, 0) is 89.2 Å². The zero-order chi connectivity index (χ0) is 23.1. The molecule has 12 atom stereocenters. The van der Waals surface area contributed by atoms with E-state index in [9.17, 15) is 0 Å². The first-order valence-corrected chi connectivity index (χ1v) is 15.9. The van der Waals surface area contributed by atoms with Gasteiger partial charge in [-0.2, -0.15) is 0 Å². The van der Waals surface area contributed by atoms with Crippen LogP contribution in [0.1, 0.15) is 89.0 Å². The lowest BCUT2D eigenvalue weighted by Crippen LogP contribution is -3.30. The van der Waals surface area contributed by atoms with E-state index in [2.05, 4.69) is 45.9 Å². The summed E-state index contributed by atoms with van der Waals surface area (Å²) in [5.74, 6) is 3.90. The number of quaternary nitrogens is 2. The maximum absolute atomic E-state index is 3.14. The van der Waals surface area contributed by atoms with E-state index in [0.717, 1.165) is 59.9 Å². The fourth-order valence-corrected chi connectivity index (χ4v) is 11.9. The summed E-state index contributed by atoms with van der Waals surface area (Å²) in [5, 5.41) is 0. The van der Waals surface area contributed by atoms with Crippen molar-refractivity contribution in [2.45, 2.75) is 127 Å². The summed E-state index contributed by atoms with van der Waals surface area (Å²) in [4.78, 5) is 7.40. The van der Waals surface area contributed by atoms with E-state index in [1.54, 1.807) is 12.1 Å². The number of fused-ring (bicyclic) bond motifs is 4. The molecule has 5 aliphatic heterocycles. The molecule has 0 amide bonds. The van der Waals surface area contributed by atoms with Crippen LogP contribution in [0.2, 0.25) is 0 Å². The summed E-state index contributed by atoms with van der Waals surface area (Å²) < 4.78 is 0. The van der Waals surface area contributed by atoms with Gasteiger partial charge in [0.1, 0.15) is 12.1 Å². The molecule has 4 bridgehead atoms. The molecule has 0 spiro atoms. The van der Waals surface area contributed by atoms with Gasteiger partial charge in [0, 0.05) is 41.9 Å². The normalized spacial score (nSPS) is 50.4. The number of anilines is 1. The second-order valence-corrected chi connectivity index (χ2v) is 14.0. The zero-order valence-electron chi connectivity index (χ0n) is 22.1. The molecular formula is C32H49N3+2. The van der Waals surface area contributed by atoms with Crippen LogP contribution in [0.5, 0.6) is 0 Å². The van der Waals surface area contributed by atoms with Crippen molar-refractivity contribution < 1.29 is 9.80 Å². The summed E-state index contributed by atoms with van der Waals surface area (Å²) in [5.41, 5.74) is 3.01. The fourth-order valence-electron chi connectivity index (χ4n) is 11.9. The average Bonchev–Trinajstić information content (AvgIpc) is 3.24. The minimum atomic E-state index is 0.800. The Morgan fingerprint density at radius 2 is 1.31 bits per heavy atom. The first-order valence-electron chi connectivity index (χ1n) is 15.9. The first-order chi connectivity index (χ1) is 17.3. The first kappa shape index (κ1) is 22.0. The van der Waals surface area contributed by atoms with Crippen molar-refractivity contribution in [2.75, 3.05) is 18.0 Å². The molecule has 35 heavy (non-hydrogen) atoms. The number of rotatable bonds is 1. The highest BCUT2D eigenvalue weighted by molar-refractivity contribution is 5.51. The van der Waals surface area contributed by atoms with Gasteiger partial charge in [0.25, 0.3) is 0 Å². The molecule has 0 radical (unpaired) electrons. The fraction of sp³-hybridized carbons (Fsp3) is 0.812. The van der Waals surface area contributed by atoms with Gasteiger partial charge >= 0.3 is 0 Å². The summed E-state index contributed by atoms with van der Waals surface area (Å²) in [6.45, 7) is 5.26. The van der Waals surface area contributed by atoms with Gasteiger partial charge in [0.15, 0.2) is 0 Å². The lowest BCUT2D eigenvalue weighted by molar-refractivity contribution is -1.02. The Labute approximate surface area is 213 Å². The second kappa shape index (κ2) is 8.48. The van der Waals surface area contributed by atoms with Crippen LogP contribution in [0.25, 0.3) is 0 Å². The SMILES string of the molecule is Cc1ccc(N2C3CCCC4C3CC(C3C5C(CCCC52)C2CCCC[NH+]23)[NH+]2CCCCC42)cc1. The Morgan fingerprint density at radius 3 is 2.11 bits per heavy atom. The maximum Gasteiger partial charge on any atom is 0.145 e. The topological polar surface area (TPSA) is 12.1 Å². The van der Waals surface area contributed by atoms with E-state index < -0.39 is 0 Å². The van der Waals surface area contributed by atoms with Crippen molar-refractivity contribution >= 4 is 5.69 Å².